The standard InChI is InChI=1S/C27H21F2NO5/c1-33-21-9-3-15(13-22(21)34-2)11-12-30-24(16-4-6-17(28)7-5-16)23-25(31)19-14-18(29)8-10-20(19)35-26(23)27(30)32/h3-10,13-14,24H,11-12H2,1-2H3. The predicted octanol–water partition coefficient (Wildman–Crippen LogP) is 4.88. The molecule has 0 saturated heterocycles. The van der Waals surface area contributed by atoms with E-state index in [2.05, 4.69) is 0 Å². The van der Waals surface area contributed by atoms with Gasteiger partial charge in [0.15, 0.2) is 16.9 Å². The van der Waals surface area contributed by atoms with Gasteiger partial charge in [-0.2, -0.15) is 0 Å². The fourth-order valence-electron chi connectivity index (χ4n) is 4.50. The molecule has 5 rings (SSSR count). The van der Waals surface area contributed by atoms with Gasteiger partial charge in [0.2, 0.25) is 5.76 Å². The molecule has 1 aromatic heterocycles. The molecule has 0 saturated carbocycles. The Morgan fingerprint density at radius 1 is 0.886 bits per heavy atom. The smallest absolute Gasteiger partial charge is 0.290 e. The Kier molecular flexibility index (Phi) is 5.72. The first-order valence-corrected chi connectivity index (χ1v) is 10.9. The van der Waals surface area contributed by atoms with Gasteiger partial charge in [0.25, 0.3) is 5.91 Å². The SMILES string of the molecule is COc1ccc(CCN2C(=O)c3oc4ccc(F)cc4c(=O)c3C2c2ccc(F)cc2)cc1OC. The minimum atomic E-state index is -0.804. The highest BCUT2D eigenvalue weighted by atomic mass is 19.1. The normalized spacial score (nSPS) is 14.9. The van der Waals surface area contributed by atoms with Crippen molar-refractivity contribution < 1.29 is 27.5 Å². The number of hydrogen-bond acceptors (Lipinski definition) is 5. The third-order valence-electron chi connectivity index (χ3n) is 6.20. The Labute approximate surface area is 199 Å². The van der Waals surface area contributed by atoms with Crippen molar-refractivity contribution in [3.63, 3.8) is 0 Å². The van der Waals surface area contributed by atoms with E-state index in [1.807, 2.05) is 12.1 Å². The first-order chi connectivity index (χ1) is 16.9. The van der Waals surface area contributed by atoms with Crippen LogP contribution in [0.2, 0.25) is 0 Å². The van der Waals surface area contributed by atoms with Crippen LogP contribution in [-0.4, -0.2) is 31.6 Å². The second-order valence-electron chi connectivity index (χ2n) is 8.21. The maximum Gasteiger partial charge on any atom is 0.290 e. The molecule has 1 unspecified atom stereocenters. The molecule has 1 atom stereocenters. The van der Waals surface area contributed by atoms with E-state index in [0.717, 1.165) is 11.6 Å². The summed E-state index contributed by atoms with van der Waals surface area (Å²) in [7, 11) is 3.09. The lowest BCUT2D eigenvalue weighted by molar-refractivity contribution is 0.0730. The first-order valence-electron chi connectivity index (χ1n) is 10.9. The Morgan fingerprint density at radius 2 is 1.60 bits per heavy atom. The second-order valence-corrected chi connectivity index (χ2v) is 8.21. The number of benzene rings is 3. The van der Waals surface area contributed by atoms with Crippen molar-refractivity contribution in [2.24, 2.45) is 0 Å². The van der Waals surface area contributed by atoms with Crippen LogP contribution in [0.4, 0.5) is 8.78 Å². The van der Waals surface area contributed by atoms with Gasteiger partial charge in [-0.3, -0.25) is 9.59 Å². The lowest BCUT2D eigenvalue weighted by atomic mass is 9.98. The summed E-state index contributed by atoms with van der Waals surface area (Å²) in [5, 5.41) is 0.0467. The molecule has 0 fully saturated rings. The van der Waals surface area contributed by atoms with Gasteiger partial charge in [-0.05, 0) is 60.0 Å². The van der Waals surface area contributed by atoms with E-state index in [1.54, 1.807) is 13.2 Å². The molecule has 35 heavy (non-hydrogen) atoms. The van der Waals surface area contributed by atoms with Crippen LogP contribution in [0.5, 0.6) is 11.5 Å². The maximum atomic E-state index is 13.9. The van der Waals surface area contributed by atoms with E-state index in [9.17, 15) is 18.4 Å². The van der Waals surface area contributed by atoms with E-state index >= 15 is 0 Å². The summed E-state index contributed by atoms with van der Waals surface area (Å²) in [4.78, 5) is 28.4. The average molecular weight is 477 g/mol. The third kappa shape index (κ3) is 3.90. The topological polar surface area (TPSA) is 69.0 Å². The maximum absolute atomic E-state index is 13.9. The molecule has 0 radical (unpaired) electrons. The highest BCUT2D eigenvalue weighted by Crippen LogP contribution is 2.38. The first kappa shape index (κ1) is 22.6. The second kappa shape index (κ2) is 8.87. The number of amides is 1. The van der Waals surface area contributed by atoms with Crippen molar-refractivity contribution in [2.45, 2.75) is 12.5 Å². The van der Waals surface area contributed by atoms with Crippen LogP contribution in [-0.2, 0) is 6.42 Å². The fourth-order valence-corrected chi connectivity index (χ4v) is 4.50. The van der Waals surface area contributed by atoms with E-state index < -0.39 is 29.0 Å². The monoisotopic (exact) mass is 477 g/mol. The van der Waals surface area contributed by atoms with Crippen LogP contribution in [0.1, 0.15) is 33.3 Å². The number of rotatable bonds is 6. The predicted molar refractivity (Wildman–Crippen MR) is 125 cm³/mol. The Hall–Kier alpha value is -4.20. The molecule has 6 nitrogen and oxygen atoms in total. The molecule has 0 aliphatic carbocycles. The zero-order chi connectivity index (χ0) is 24.7. The van der Waals surface area contributed by atoms with Crippen LogP contribution in [0, 0.1) is 11.6 Å². The molecular weight excluding hydrogens is 456 g/mol. The van der Waals surface area contributed by atoms with Gasteiger partial charge in [-0.25, -0.2) is 8.78 Å². The highest BCUT2D eigenvalue weighted by molar-refractivity contribution is 5.99. The molecule has 8 heteroatoms. The molecule has 178 valence electrons. The van der Waals surface area contributed by atoms with Crippen LogP contribution >= 0.6 is 0 Å². The summed E-state index contributed by atoms with van der Waals surface area (Å²) in [6.07, 6.45) is 0.445. The lowest BCUT2D eigenvalue weighted by Crippen LogP contribution is -2.31. The van der Waals surface area contributed by atoms with Gasteiger partial charge in [-0.15, -0.1) is 0 Å². The number of halogens is 2. The number of hydrogen-bond donors (Lipinski definition) is 0. The van der Waals surface area contributed by atoms with Crippen molar-refractivity contribution in [1.29, 1.82) is 0 Å². The van der Waals surface area contributed by atoms with Gasteiger partial charge in [0.05, 0.1) is 31.2 Å². The van der Waals surface area contributed by atoms with Crippen LogP contribution in [0.15, 0.2) is 69.9 Å². The lowest BCUT2D eigenvalue weighted by Gasteiger charge is -2.25. The number of carbonyl (C=O) groups is 1. The molecule has 0 N–H and O–H groups in total. The number of nitrogens with zero attached hydrogens (tertiary/aromatic N) is 1. The number of methoxy groups -OCH3 is 2. The highest BCUT2D eigenvalue weighted by Gasteiger charge is 2.42. The molecule has 1 amide bonds. The molecule has 0 spiro atoms. The van der Waals surface area contributed by atoms with Crippen molar-refractivity contribution in [3.05, 3.63) is 105 Å². The minimum absolute atomic E-state index is 0.0467. The summed E-state index contributed by atoms with van der Waals surface area (Å²) in [6.45, 7) is 0.241. The number of ether oxygens (including phenoxy) is 2. The number of carbonyl (C=O) groups excluding carboxylic acids is 1. The zero-order valence-electron chi connectivity index (χ0n) is 19.0. The average Bonchev–Trinajstić information content (AvgIpc) is 3.15. The third-order valence-corrected chi connectivity index (χ3v) is 6.20. The van der Waals surface area contributed by atoms with E-state index in [4.69, 9.17) is 13.9 Å². The summed E-state index contributed by atoms with van der Waals surface area (Å²) < 4.78 is 44.0. The summed E-state index contributed by atoms with van der Waals surface area (Å²) >= 11 is 0. The Bertz CT molecular complexity index is 1500. The summed E-state index contributed by atoms with van der Waals surface area (Å²) in [5.74, 6) is -0.436. The van der Waals surface area contributed by atoms with Crippen molar-refractivity contribution >= 4 is 16.9 Å². The van der Waals surface area contributed by atoms with E-state index in [1.165, 1.54) is 48.4 Å². The van der Waals surface area contributed by atoms with Crippen molar-refractivity contribution in [3.8, 4) is 11.5 Å². The molecule has 1 aliphatic rings. The van der Waals surface area contributed by atoms with Crippen molar-refractivity contribution in [1.82, 2.24) is 4.90 Å². The summed E-state index contributed by atoms with van der Waals surface area (Å²) in [5.41, 5.74) is 1.19. The van der Waals surface area contributed by atoms with Crippen LogP contribution in [0.25, 0.3) is 11.0 Å². The number of fused-ring (bicyclic) bond motifs is 2. The Morgan fingerprint density at radius 3 is 2.31 bits per heavy atom. The quantitative estimate of drug-likeness (QED) is 0.396. The Balaban J connectivity index is 1.58. The van der Waals surface area contributed by atoms with Crippen molar-refractivity contribution in [2.75, 3.05) is 20.8 Å². The van der Waals surface area contributed by atoms with E-state index in [0.29, 0.717) is 23.5 Å². The molecular formula is C27H21F2NO5. The zero-order valence-corrected chi connectivity index (χ0v) is 19.0. The fraction of sp³-hybridized carbons (Fsp3) is 0.185. The molecule has 0 bridgehead atoms. The van der Waals surface area contributed by atoms with Gasteiger partial charge in [-0.1, -0.05) is 18.2 Å². The molecule has 3 aromatic carbocycles. The summed E-state index contributed by atoms with van der Waals surface area (Å²) in [6, 6.07) is 13.9. The van der Waals surface area contributed by atoms with Crippen LogP contribution in [0.3, 0.4) is 0 Å². The largest absolute Gasteiger partial charge is 0.493 e. The van der Waals surface area contributed by atoms with Gasteiger partial charge >= 0.3 is 0 Å². The van der Waals surface area contributed by atoms with E-state index in [-0.39, 0.29) is 28.8 Å². The molecule has 1 aliphatic heterocycles. The van der Waals surface area contributed by atoms with Crippen LogP contribution < -0.4 is 14.9 Å². The van der Waals surface area contributed by atoms with Gasteiger partial charge in [0, 0.05) is 6.54 Å². The molecule has 2 heterocycles. The molecule has 4 aromatic rings. The van der Waals surface area contributed by atoms with Gasteiger partial charge in [0.1, 0.15) is 17.2 Å². The minimum Gasteiger partial charge on any atom is -0.493 e. The van der Waals surface area contributed by atoms with Gasteiger partial charge < -0.3 is 18.8 Å².